The quantitative estimate of drug-likeness (QED) is 0.584. The van der Waals surface area contributed by atoms with E-state index in [1.54, 1.807) is 6.07 Å². The molecule has 2 saturated heterocycles. The highest BCUT2D eigenvalue weighted by molar-refractivity contribution is 6.01. The van der Waals surface area contributed by atoms with Gasteiger partial charge >= 0.3 is 0 Å². The summed E-state index contributed by atoms with van der Waals surface area (Å²) < 4.78 is 42.6. The summed E-state index contributed by atoms with van der Waals surface area (Å²) >= 11 is 0. The molecule has 1 aliphatic carbocycles. The molecule has 5 rings (SSSR count). The number of carbonyl (C=O) groups excluding carboxylic acids is 3. The second-order valence-electron chi connectivity index (χ2n) is 10.0. The summed E-state index contributed by atoms with van der Waals surface area (Å²) in [5.74, 6) is -6.72. The van der Waals surface area contributed by atoms with Crippen molar-refractivity contribution in [3.8, 4) is 6.07 Å². The van der Waals surface area contributed by atoms with Crippen LogP contribution in [0.15, 0.2) is 24.3 Å². The van der Waals surface area contributed by atoms with Crippen LogP contribution in [-0.4, -0.2) is 58.7 Å². The van der Waals surface area contributed by atoms with Crippen molar-refractivity contribution in [2.75, 3.05) is 13.1 Å². The molecule has 36 heavy (non-hydrogen) atoms. The van der Waals surface area contributed by atoms with Crippen molar-refractivity contribution in [1.82, 2.24) is 20.5 Å². The smallest absolute Gasteiger partial charge is 0.271 e. The van der Waals surface area contributed by atoms with Crippen molar-refractivity contribution >= 4 is 28.6 Å². The molecule has 3 amide bonds. The lowest BCUT2D eigenvalue weighted by Gasteiger charge is -2.29. The van der Waals surface area contributed by atoms with Crippen molar-refractivity contribution in [3.63, 3.8) is 0 Å². The first-order chi connectivity index (χ1) is 17.2. The van der Waals surface area contributed by atoms with Crippen molar-refractivity contribution in [1.29, 1.82) is 5.26 Å². The number of fused-ring (bicyclic) bond motifs is 2. The van der Waals surface area contributed by atoms with Gasteiger partial charge in [0.2, 0.25) is 17.7 Å². The zero-order valence-electron chi connectivity index (χ0n) is 19.4. The van der Waals surface area contributed by atoms with Crippen molar-refractivity contribution in [2.45, 2.75) is 50.1 Å². The highest BCUT2D eigenvalue weighted by atomic mass is 19.3. The molecule has 3 N–H and O–H groups in total. The molecule has 1 aromatic heterocycles. The number of halogens is 3. The summed E-state index contributed by atoms with van der Waals surface area (Å²) in [6, 6.07) is 5.49. The molecule has 0 spiro atoms. The SMILES string of the molecule is N#C[C@H](C[C@@H]1CCCNC1=O)NC(=O)[C@@H]1[C@@H]2CC(F)(F)C[C@@H]2CN1C(=O)c1cc2c(F)cccc2[nH]1. The van der Waals surface area contributed by atoms with Gasteiger partial charge in [0.1, 0.15) is 23.6 Å². The minimum absolute atomic E-state index is 0.0444. The lowest BCUT2D eigenvalue weighted by molar-refractivity contribution is -0.129. The summed E-state index contributed by atoms with van der Waals surface area (Å²) in [4.78, 5) is 43.0. The molecular formula is C25H26F3N5O3. The number of benzene rings is 1. The average Bonchev–Trinajstić information content (AvgIpc) is 3.49. The summed E-state index contributed by atoms with van der Waals surface area (Å²) in [6.45, 7) is 0.518. The molecule has 0 unspecified atom stereocenters. The summed E-state index contributed by atoms with van der Waals surface area (Å²) in [5, 5.41) is 15.2. The van der Waals surface area contributed by atoms with Gasteiger partial charge < -0.3 is 20.5 Å². The van der Waals surface area contributed by atoms with Crippen LogP contribution >= 0.6 is 0 Å². The maximum absolute atomic E-state index is 14.2. The van der Waals surface area contributed by atoms with Crippen LogP contribution in [-0.2, 0) is 9.59 Å². The average molecular weight is 502 g/mol. The fourth-order valence-electron chi connectivity index (χ4n) is 5.98. The van der Waals surface area contributed by atoms with Crippen LogP contribution in [0.1, 0.15) is 42.6 Å². The number of H-pyrrole nitrogens is 1. The van der Waals surface area contributed by atoms with Gasteiger partial charge in [-0.1, -0.05) is 6.07 Å². The van der Waals surface area contributed by atoms with Gasteiger partial charge in [0.25, 0.3) is 5.91 Å². The number of hydrogen-bond donors (Lipinski definition) is 3. The van der Waals surface area contributed by atoms with E-state index >= 15 is 0 Å². The minimum Gasteiger partial charge on any atom is -0.356 e. The molecule has 3 aliphatic rings. The lowest BCUT2D eigenvalue weighted by atomic mass is 9.90. The maximum atomic E-state index is 14.2. The van der Waals surface area contributed by atoms with E-state index in [0.29, 0.717) is 18.5 Å². The predicted octanol–water partition coefficient (Wildman–Crippen LogP) is 2.72. The van der Waals surface area contributed by atoms with Crippen LogP contribution in [0.2, 0.25) is 0 Å². The summed E-state index contributed by atoms with van der Waals surface area (Å²) in [5.41, 5.74) is 0.455. The molecular weight excluding hydrogens is 475 g/mol. The molecule has 2 aromatic rings. The Hall–Kier alpha value is -3.55. The van der Waals surface area contributed by atoms with Gasteiger partial charge in [-0.05, 0) is 49.3 Å². The number of carbonyl (C=O) groups is 3. The molecule has 3 heterocycles. The van der Waals surface area contributed by atoms with E-state index in [2.05, 4.69) is 15.6 Å². The molecule has 5 atom stereocenters. The zero-order chi connectivity index (χ0) is 25.6. The number of aromatic nitrogens is 1. The third kappa shape index (κ3) is 4.40. The Balaban J connectivity index is 1.39. The van der Waals surface area contributed by atoms with Crippen molar-refractivity contribution < 1.29 is 27.6 Å². The lowest BCUT2D eigenvalue weighted by Crippen LogP contribution is -2.52. The second kappa shape index (κ2) is 9.15. The number of amides is 3. The van der Waals surface area contributed by atoms with E-state index < -0.39 is 66.2 Å². The first-order valence-electron chi connectivity index (χ1n) is 12.1. The largest absolute Gasteiger partial charge is 0.356 e. The highest BCUT2D eigenvalue weighted by Crippen LogP contribution is 2.50. The number of rotatable bonds is 5. The Bertz CT molecular complexity index is 1260. The number of nitrogens with zero attached hydrogens (tertiary/aromatic N) is 2. The molecule has 0 radical (unpaired) electrons. The second-order valence-corrected chi connectivity index (χ2v) is 10.0. The van der Waals surface area contributed by atoms with E-state index in [9.17, 15) is 32.8 Å². The van der Waals surface area contributed by atoms with E-state index in [0.717, 1.165) is 6.42 Å². The van der Waals surface area contributed by atoms with Gasteiger partial charge in [-0.2, -0.15) is 5.26 Å². The zero-order valence-corrected chi connectivity index (χ0v) is 19.4. The number of aromatic amines is 1. The standard InChI is InChI=1S/C25H26F3N5O3/c26-18-4-1-5-19-16(18)8-20(32-19)24(36)33-12-14-9-25(27,28)10-17(14)21(33)23(35)31-15(11-29)7-13-3-2-6-30-22(13)34/h1,4-5,8,13-15,17,21,32H,2-3,6-7,9-10,12H2,(H,30,34)(H,31,35)/t13-,14+,15-,17+,21-/m0/s1. The maximum Gasteiger partial charge on any atom is 0.271 e. The Labute approximate surface area is 205 Å². The van der Waals surface area contributed by atoms with Crippen LogP contribution in [0.3, 0.4) is 0 Å². The molecule has 1 aromatic carbocycles. The number of likely N-dealkylation sites (tertiary alicyclic amines) is 1. The Morgan fingerprint density at radius 1 is 1.31 bits per heavy atom. The molecule has 11 heteroatoms. The normalized spacial score (nSPS) is 27.8. The number of nitrogens with one attached hydrogen (secondary N) is 3. The molecule has 2 aliphatic heterocycles. The molecule has 8 nitrogen and oxygen atoms in total. The number of hydrogen-bond acceptors (Lipinski definition) is 4. The fraction of sp³-hybridized carbons (Fsp3) is 0.520. The molecule has 0 bridgehead atoms. The predicted molar refractivity (Wildman–Crippen MR) is 122 cm³/mol. The van der Waals surface area contributed by atoms with Crippen LogP contribution in [0.5, 0.6) is 0 Å². The highest BCUT2D eigenvalue weighted by Gasteiger charge is 2.58. The van der Waals surface area contributed by atoms with Gasteiger partial charge in [-0.15, -0.1) is 0 Å². The summed E-state index contributed by atoms with van der Waals surface area (Å²) in [6.07, 6.45) is 0.471. The number of nitriles is 1. The van der Waals surface area contributed by atoms with Crippen molar-refractivity contribution in [3.05, 3.63) is 35.8 Å². The van der Waals surface area contributed by atoms with E-state index in [4.69, 9.17) is 0 Å². The van der Waals surface area contributed by atoms with Crippen LogP contribution in [0, 0.1) is 34.9 Å². The molecule has 1 saturated carbocycles. The van der Waals surface area contributed by atoms with Gasteiger partial charge in [-0.3, -0.25) is 14.4 Å². The first kappa shape index (κ1) is 24.2. The monoisotopic (exact) mass is 501 g/mol. The minimum atomic E-state index is -2.94. The topological polar surface area (TPSA) is 118 Å². The molecule has 3 fully saturated rings. The van der Waals surface area contributed by atoms with E-state index in [1.807, 2.05) is 6.07 Å². The van der Waals surface area contributed by atoms with E-state index in [-0.39, 0.29) is 30.0 Å². The van der Waals surface area contributed by atoms with Gasteiger partial charge in [0, 0.05) is 42.8 Å². The van der Waals surface area contributed by atoms with Crippen molar-refractivity contribution in [2.24, 2.45) is 17.8 Å². The van der Waals surface area contributed by atoms with Gasteiger partial charge in [0.05, 0.1) is 6.07 Å². The summed E-state index contributed by atoms with van der Waals surface area (Å²) in [7, 11) is 0. The Morgan fingerprint density at radius 2 is 2.11 bits per heavy atom. The van der Waals surface area contributed by atoms with Gasteiger partial charge in [0.15, 0.2) is 0 Å². The van der Waals surface area contributed by atoms with Crippen LogP contribution < -0.4 is 10.6 Å². The van der Waals surface area contributed by atoms with Crippen LogP contribution in [0.25, 0.3) is 10.9 Å². The van der Waals surface area contributed by atoms with E-state index in [1.165, 1.54) is 23.1 Å². The number of piperidine rings is 1. The molecule has 190 valence electrons. The Kier molecular flexibility index (Phi) is 6.14. The first-order valence-corrected chi connectivity index (χ1v) is 12.1. The van der Waals surface area contributed by atoms with Crippen LogP contribution in [0.4, 0.5) is 13.2 Å². The third-order valence-electron chi connectivity index (χ3n) is 7.64. The Morgan fingerprint density at radius 3 is 2.83 bits per heavy atom. The van der Waals surface area contributed by atoms with Gasteiger partial charge in [-0.25, -0.2) is 13.2 Å². The third-order valence-corrected chi connectivity index (χ3v) is 7.64. The fourth-order valence-corrected chi connectivity index (χ4v) is 5.98. The number of alkyl halides is 2.